The van der Waals surface area contributed by atoms with Gasteiger partial charge in [-0.3, -0.25) is 10.1 Å². The zero-order valence-corrected chi connectivity index (χ0v) is 10.1. The van der Waals surface area contributed by atoms with Crippen LogP contribution in [0.1, 0.15) is 10.5 Å². The van der Waals surface area contributed by atoms with Crippen molar-refractivity contribution in [2.75, 3.05) is 7.11 Å². The van der Waals surface area contributed by atoms with Gasteiger partial charge in [0.05, 0.1) is 22.8 Å². The molecule has 1 N–H and O–H groups in total. The summed E-state index contributed by atoms with van der Waals surface area (Å²) in [5, 5.41) is 10.4. The van der Waals surface area contributed by atoms with E-state index in [0.717, 1.165) is 0 Å². The number of hydrogen-bond donors (Lipinski definition) is 1. The number of pyridine rings is 1. The van der Waals surface area contributed by atoms with Gasteiger partial charge in [-0.25, -0.2) is 4.79 Å². The first kappa shape index (κ1) is 11.8. The van der Waals surface area contributed by atoms with E-state index in [0.29, 0.717) is 15.7 Å². The largest absolute Gasteiger partial charge is 0.464 e. The van der Waals surface area contributed by atoms with Crippen LogP contribution >= 0.6 is 23.2 Å². The molecule has 0 saturated carbocycles. The lowest BCUT2D eigenvalue weighted by Crippen LogP contribution is -2.04. The third kappa shape index (κ3) is 2.22. The molecule has 0 bridgehead atoms. The van der Waals surface area contributed by atoms with Crippen molar-refractivity contribution < 1.29 is 9.53 Å². The number of nitrogens with zero attached hydrogens (tertiary/aromatic N) is 3. The van der Waals surface area contributed by atoms with Crippen LogP contribution in [0.25, 0.3) is 11.4 Å². The lowest BCUT2D eigenvalue weighted by Gasteiger charge is -2.00. The Morgan fingerprint density at radius 1 is 1.41 bits per heavy atom. The number of H-pyrrole nitrogens is 1. The molecule has 2 rings (SSSR count). The normalized spacial score (nSPS) is 10.3. The highest BCUT2D eigenvalue weighted by Crippen LogP contribution is 2.26. The number of rotatable bonds is 2. The maximum atomic E-state index is 11.4. The van der Waals surface area contributed by atoms with Crippen molar-refractivity contribution in [3.05, 3.63) is 28.0 Å². The summed E-state index contributed by atoms with van der Waals surface area (Å²) in [7, 11) is 1.26. The molecule has 0 aromatic carbocycles. The number of aromatic nitrogens is 4. The third-order valence-electron chi connectivity index (χ3n) is 1.99. The van der Waals surface area contributed by atoms with Crippen LogP contribution in [-0.4, -0.2) is 33.5 Å². The number of carbonyl (C=O) groups excluding carboxylic acids is 1. The molecule has 88 valence electrons. The van der Waals surface area contributed by atoms with E-state index in [-0.39, 0.29) is 11.4 Å². The Kier molecular flexibility index (Phi) is 3.26. The molecule has 8 heteroatoms. The number of methoxy groups -OCH3 is 1. The summed E-state index contributed by atoms with van der Waals surface area (Å²) in [6, 6.07) is 1.49. The van der Waals surface area contributed by atoms with E-state index in [9.17, 15) is 4.79 Å². The van der Waals surface area contributed by atoms with Crippen LogP contribution in [0.5, 0.6) is 0 Å². The second-order valence-electron chi connectivity index (χ2n) is 3.01. The Labute approximate surface area is 106 Å². The number of ether oxygens (including phenoxy) is 1. The minimum absolute atomic E-state index is 0.110. The number of aromatic amines is 1. The Morgan fingerprint density at radius 3 is 2.82 bits per heavy atom. The van der Waals surface area contributed by atoms with E-state index in [1.54, 1.807) is 0 Å². The molecule has 0 unspecified atom stereocenters. The van der Waals surface area contributed by atoms with Crippen LogP contribution in [0.15, 0.2) is 12.3 Å². The second-order valence-corrected chi connectivity index (χ2v) is 3.83. The number of carbonyl (C=O) groups is 1. The Hall–Kier alpha value is -1.66. The molecule has 17 heavy (non-hydrogen) atoms. The van der Waals surface area contributed by atoms with Crippen LogP contribution in [0.3, 0.4) is 0 Å². The van der Waals surface area contributed by atoms with E-state index < -0.39 is 5.97 Å². The topological polar surface area (TPSA) is 80.8 Å². The van der Waals surface area contributed by atoms with Gasteiger partial charge in [0.1, 0.15) is 5.69 Å². The Bertz CT molecular complexity index is 570. The second kappa shape index (κ2) is 4.68. The average molecular weight is 273 g/mol. The molecular weight excluding hydrogens is 267 g/mol. The van der Waals surface area contributed by atoms with Crippen molar-refractivity contribution in [3.63, 3.8) is 0 Å². The molecule has 0 aliphatic carbocycles. The summed E-state index contributed by atoms with van der Waals surface area (Å²) in [6.45, 7) is 0. The maximum Gasteiger partial charge on any atom is 0.358 e. The van der Waals surface area contributed by atoms with E-state index in [4.69, 9.17) is 23.2 Å². The van der Waals surface area contributed by atoms with E-state index >= 15 is 0 Å². The summed E-state index contributed by atoms with van der Waals surface area (Å²) in [5.74, 6) is -0.585. The van der Waals surface area contributed by atoms with Gasteiger partial charge in [0.2, 0.25) is 0 Å². The summed E-state index contributed by atoms with van der Waals surface area (Å²) in [6.07, 6.45) is 1.37. The first-order chi connectivity index (χ1) is 8.13. The summed E-state index contributed by atoms with van der Waals surface area (Å²) in [4.78, 5) is 15.4. The van der Waals surface area contributed by atoms with Gasteiger partial charge in [-0.1, -0.05) is 28.4 Å². The van der Waals surface area contributed by atoms with E-state index in [1.807, 2.05) is 0 Å². The summed E-state index contributed by atoms with van der Waals surface area (Å²) < 4.78 is 4.57. The average Bonchev–Trinajstić information content (AvgIpc) is 2.80. The van der Waals surface area contributed by atoms with Crippen LogP contribution in [0.2, 0.25) is 10.0 Å². The van der Waals surface area contributed by atoms with Crippen molar-refractivity contribution in [1.82, 2.24) is 20.4 Å². The molecule has 0 spiro atoms. The fourth-order valence-corrected chi connectivity index (χ4v) is 1.45. The predicted molar refractivity (Wildman–Crippen MR) is 61.0 cm³/mol. The molecule has 0 amide bonds. The molecule has 2 aromatic heterocycles. The SMILES string of the molecule is COC(=O)c1[nH]nnc1-c1cc(Cl)c(Cl)cn1. The molecule has 0 aliphatic heterocycles. The number of halogens is 2. The molecule has 0 atom stereocenters. The van der Waals surface area contributed by atoms with Gasteiger partial charge in [-0.05, 0) is 6.07 Å². The quantitative estimate of drug-likeness (QED) is 0.846. The Balaban J connectivity index is 2.50. The minimum atomic E-state index is -0.585. The van der Waals surface area contributed by atoms with Crippen LogP contribution in [0.4, 0.5) is 0 Å². The van der Waals surface area contributed by atoms with Crippen LogP contribution in [0, 0.1) is 0 Å². The molecule has 0 fully saturated rings. The first-order valence-electron chi connectivity index (χ1n) is 4.44. The summed E-state index contributed by atoms with van der Waals surface area (Å²) >= 11 is 11.6. The molecule has 0 saturated heterocycles. The smallest absolute Gasteiger partial charge is 0.358 e. The zero-order chi connectivity index (χ0) is 12.4. The standard InChI is InChI=1S/C9H6Cl2N4O2/c1-17-9(16)8-7(13-15-14-8)6-2-4(10)5(11)3-12-6/h2-3H,1H3,(H,13,14,15). The maximum absolute atomic E-state index is 11.4. The number of nitrogens with one attached hydrogen (secondary N) is 1. The fourth-order valence-electron chi connectivity index (χ4n) is 1.20. The van der Waals surface area contributed by atoms with E-state index in [1.165, 1.54) is 19.4 Å². The van der Waals surface area contributed by atoms with Gasteiger partial charge >= 0.3 is 5.97 Å². The molecule has 2 heterocycles. The van der Waals surface area contributed by atoms with Crippen molar-refractivity contribution in [2.45, 2.75) is 0 Å². The van der Waals surface area contributed by atoms with Crippen molar-refractivity contribution in [1.29, 1.82) is 0 Å². The van der Waals surface area contributed by atoms with Crippen LogP contribution in [-0.2, 0) is 4.74 Å². The van der Waals surface area contributed by atoms with Crippen LogP contribution < -0.4 is 0 Å². The molecule has 6 nitrogen and oxygen atoms in total. The van der Waals surface area contributed by atoms with E-state index in [2.05, 4.69) is 25.1 Å². The predicted octanol–water partition coefficient (Wildman–Crippen LogP) is 1.96. The lowest BCUT2D eigenvalue weighted by molar-refractivity contribution is 0.0595. The van der Waals surface area contributed by atoms with Crippen molar-refractivity contribution >= 4 is 29.2 Å². The monoisotopic (exact) mass is 272 g/mol. The lowest BCUT2D eigenvalue weighted by atomic mass is 10.2. The highest BCUT2D eigenvalue weighted by molar-refractivity contribution is 6.42. The molecule has 2 aromatic rings. The van der Waals surface area contributed by atoms with Gasteiger partial charge in [0.15, 0.2) is 5.69 Å². The van der Waals surface area contributed by atoms with Gasteiger partial charge in [0, 0.05) is 6.20 Å². The highest BCUT2D eigenvalue weighted by atomic mass is 35.5. The summed E-state index contributed by atoms with van der Waals surface area (Å²) in [5.41, 5.74) is 0.752. The van der Waals surface area contributed by atoms with Gasteiger partial charge in [-0.15, -0.1) is 5.10 Å². The highest BCUT2D eigenvalue weighted by Gasteiger charge is 2.19. The molecule has 0 aliphatic rings. The van der Waals surface area contributed by atoms with Crippen molar-refractivity contribution in [2.24, 2.45) is 0 Å². The van der Waals surface area contributed by atoms with Gasteiger partial charge in [-0.2, -0.15) is 0 Å². The third-order valence-corrected chi connectivity index (χ3v) is 2.70. The fraction of sp³-hybridized carbons (Fsp3) is 0.111. The van der Waals surface area contributed by atoms with Crippen molar-refractivity contribution in [3.8, 4) is 11.4 Å². The number of hydrogen-bond acceptors (Lipinski definition) is 5. The van der Waals surface area contributed by atoms with Gasteiger partial charge < -0.3 is 4.74 Å². The molecule has 0 radical (unpaired) electrons. The first-order valence-corrected chi connectivity index (χ1v) is 5.20. The molecular formula is C9H6Cl2N4O2. The minimum Gasteiger partial charge on any atom is -0.464 e. The Morgan fingerprint density at radius 2 is 2.18 bits per heavy atom. The zero-order valence-electron chi connectivity index (χ0n) is 8.57. The van der Waals surface area contributed by atoms with Gasteiger partial charge in [0.25, 0.3) is 0 Å². The number of esters is 1.